The number of carbonyl (C=O) groups excluding carboxylic acids is 1. The van der Waals surface area contributed by atoms with Crippen molar-refractivity contribution in [3.05, 3.63) is 121 Å². The molecule has 1 aliphatic heterocycles. The Labute approximate surface area is 242 Å². The van der Waals surface area contributed by atoms with Crippen molar-refractivity contribution in [2.45, 2.75) is 39.8 Å². The molecule has 4 aromatic rings. The number of benzene rings is 3. The van der Waals surface area contributed by atoms with Crippen molar-refractivity contribution in [3.63, 3.8) is 0 Å². The molecule has 0 fully saturated rings. The molecule has 3 aromatic carbocycles. The monoisotopic (exact) mass is 568 g/mol. The van der Waals surface area contributed by atoms with Crippen LogP contribution < -0.4 is 24.4 Å². The van der Waals surface area contributed by atoms with Crippen molar-refractivity contribution >= 4 is 29.1 Å². The number of carbonyl (C=O) groups is 1. The minimum absolute atomic E-state index is 0.0690. The van der Waals surface area contributed by atoms with Crippen molar-refractivity contribution in [2.24, 2.45) is 4.99 Å². The molecule has 0 saturated heterocycles. The largest absolute Gasteiger partial charge is 0.494 e. The lowest BCUT2D eigenvalue weighted by Crippen LogP contribution is -2.40. The summed E-state index contributed by atoms with van der Waals surface area (Å²) in [5.41, 5.74) is 2.95. The number of ether oxygens (including phenoxy) is 3. The molecule has 0 unspecified atom stereocenters. The number of nitrogens with zero attached hydrogens (tertiary/aromatic N) is 2. The Morgan fingerprint density at radius 1 is 0.951 bits per heavy atom. The highest BCUT2D eigenvalue weighted by Crippen LogP contribution is 2.35. The number of hydrogen-bond acceptors (Lipinski definition) is 7. The molecule has 2 heterocycles. The fraction of sp³-hybridized carbons (Fsp3) is 0.242. The van der Waals surface area contributed by atoms with E-state index in [4.69, 9.17) is 19.2 Å². The van der Waals surface area contributed by atoms with E-state index in [1.165, 1.54) is 11.3 Å². The number of rotatable bonds is 9. The summed E-state index contributed by atoms with van der Waals surface area (Å²) in [6.45, 7) is 8.37. The predicted molar refractivity (Wildman–Crippen MR) is 161 cm³/mol. The molecule has 5 rings (SSSR count). The smallest absolute Gasteiger partial charge is 0.338 e. The lowest BCUT2D eigenvalue weighted by Gasteiger charge is -2.26. The van der Waals surface area contributed by atoms with E-state index in [2.05, 4.69) is 0 Å². The van der Waals surface area contributed by atoms with Crippen LogP contribution in [0.3, 0.4) is 0 Å². The molecule has 41 heavy (non-hydrogen) atoms. The van der Waals surface area contributed by atoms with Crippen LogP contribution in [-0.4, -0.2) is 29.9 Å². The molecule has 0 spiro atoms. The van der Waals surface area contributed by atoms with Gasteiger partial charge >= 0.3 is 5.97 Å². The maximum absolute atomic E-state index is 14.0. The second kappa shape index (κ2) is 12.4. The van der Waals surface area contributed by atoms with Crippen LogP contribution in [-0.2, 0) is 9.53 Å². The zero-order valence-electron chi connectivity index (χ0n) is 23.5. The highest BCUT2D eigenvalue weighted by Gasteiger charge is 2.35. The minimum atomic E-state index is -0.736. The number of thiazole rings is 1. The minimum Gasteiger partial charge on any atom is -0.494 e. The van der Waals surface area contributed by atoms with Gasteiger partial charge in [-0.1, -0.05) is 65.9 Å². The molecule has 0 aliphatic carbocycles. The van der Waals surface area contributed by atoms with Crippen LogP contribution in [0.2, 0.25) is 0 Å². The number of hydrogen-bond donors (Lipinski definition) is 0. The Bertz CT molecular complexity index is 1730. The predicted octanol–water partition coefficient (Wildman–Crippen LogP) is 5.12. The van der Waals surface area contributed by atoms with E-state index >= 15 is 0 Å². The second-order valence-electron chi connectivity index (χ2n) is 9.67. The van der Waals surface area contributed by atoms with Crippen LogP contribution in [0, 0.1) is 0 Å². The Kier molecular flexibility index (Phi) is 8.50. The maximum atomic E-state index is 14.0. The number of esters is 1. The lowest BCUT2D eigenvalue weighted by atomic mass is 9.93. The van der Waals surface area contributed by atoms with Gasteiger partial charge in [-0.05, 0) is 69.2 Å². The van der Waals surface area contributed by atoms with Gasteiger partial charge in [0.15, 0.2) is 4.80 Å². The van der Waals surface area contributed by atoms with Crippen LogP contribution in [0.1, 0.15) is 50.4 Å². The fourth-order valence-electron chi connectivity index (χ4n) is 4.73. The molecular weight excluding hydrogens is 536 g/mol. The third-order valence-electron chi connectivity index (χ3n) is 6.43. The first-order valence-corrected chi connectivity index (χ1v) is 14.5. The number of fused-ring (bicyclic) bond motifs is 1. The standard InChI is InChI=1S/C33H32N2O5S/c1-5-38-25-18-14-24(15-19-25)30-28(32(37)39-6-2)29(23-10-8-7-9-11-23)34-33-35(30)31(36)27(41-33)20-22-12-16-26(17-13-22)40-21(3)4/h7-21,30H,5-6H2,1-4H3/b27-20-/t30-/m0/s1. The molecule has 1 aromatic heterocycles. The topological polar surface area (TPSA) is 79.1 Å². The van der Waals surface area contributed by atoms with Gasteiger partial charge in [0.1, 0.15) is 11.5 Å². The van der Waals surface area contributed by atoms with Crippen LogP contribution in [0.15, 0.2) is 94.2 Å². The molecule has 210 valence electrons. The first kappa shape index (κ1) is 28.1. The molecule has 0 bridgehead atoms. The summed E-state index contributed by atoms with van der Waals surface area (Å²) in [6, 6.07) is 23.8. The maximum Gasteiger partial charge on any atom is 0.338 e. The molecule has 1 aliphatic rings. The average molecular weight is 569 g/mol. The van der Waals surface area contributed by atoms with Gasteiger partial charge in [0.25, 0.3) is 5.56 Å². The molecule has 1 atom stereocenters. The van der Waals surface area contributed by atoms with E-state index in [1.807, 2.05) is 106 Å². The van der Waals surface area contributed by atoms with E-state index in [1.54, 1.807) is 11.5 Å². The molecular formula is C33H32N2O5S. The molecule has 0 N–H and O–H groups in total. The molecule has 0 amide bonds. The summed E-state index contributed by atoms with van der Waals surface area (Å²) in [6.07, 6.45) is 1.91. The Morgan fingerprint density at radius 3 is 2.27 bits per heavy atom. The quantitative estimate of drug-likeness (QED) is 0.262. The Balaban J connectivity index is 1.72. The van der Waals surface area contributed by atoms with Gasteiger partial charge < -0.3 is 14.2 Å². The van der Waals surface area contributed by atoms with Crippen LogP contribution in [0.4, 0.5) is 0 Å². The van der Waals surface area contributed by atoms with Gasteiger partial charge in [-0.15, -0.1) is 0 Å². The second-order valence-corrected chi connectivity index (χ2v) is 10.7. The normalized spacial score (nSPS) is 15.0. The van der Waals surface area contributed by atoms with E-state index in [-0.39, 0.29) is 18.3 Å². The summed E-state index contributed by atoms with van der Waals surface area (Å²) < 4.78 is 19.0. The van der Waals surface area contributed by atoms with Crippen molar-refractivity contribution in [1.82, 2.24) is 4.57 Å². The first-order chi connectivity index (χ1) is 19.9. The van der Waals surface area contributed by atoms with Gasteiger partial charge in [-0.2, -0.15) is 0 Å². The molecule has 0 saturated carbocycles. The van der Waals surface area contributed by atoms with Crippen LogP contribution in [0.5, 0.6) is 11.5 Å². The zero-order chi connectivity index (χ0) is 28.9. The zero-order valence-corrected chi connectivity index (χ0v) is 24.3. The fourth-order valence-corrected chi connectivity index (χ4v) is 5.74. The van der Waals surface area contributed by atoms with E-state index in [9.17, 15) is 9.59 Å². The summed E-state index contributed by atoms with van der Waals surface area (Å²) >= 11 is 1.29. The van der Waals surface area contributed by atoms with E-state index < -0.39 is 12.0 Å². The lowest BCUT2D eigenvalue weighted by molar-refractivity contribution is -0.138. The molecule has 7 nitrogen and oxygen atoms in total. The van der Waals surface area contributed by atoms with E-state index in [0.717, 1.165) is 22.4 Å². The SMILES string of the molecule is CCOC(=O)C1=C(c2ccccc2)N=c2s/c(=C\c3ccc(OC(C)C)cc3)c(=O)n2[C@H]1c1ccc(OCC)cc1. The summed E-state index contributed by atoms with van der Waals surface area (Å²) in [5, 5.41) is 0. The van der Waals surface area contributed by atoms with Crippen LogP contribution in [0.25, 0.3) is 11.8 Å². The van der Waals surface area contributed by atoms with Crippen molar-refractivity contribution < 1.29 is 19.0 Å². The first-order valence-electron chi connectivity index (χ1n) is 13.7. The summed E-state index contributed by atoms with van der Waals surface area (Å²) in [5.74, 6) is 0.961. The summed E-state index contributed by atoms with van der Waals surface area (Å²) in [7, 11) is 0. The third kappa shape index (κ3) is 6.02. The highest BCUT2D eigenvalue weighted by molar-refractivity contribution is 7.07. The highest BCUT2D eigenvalue weighted by atomic mass is 32.1. The molecule has 8 heteroatoms. The third-order valence-corrected chi connectivity index (χ3v) is 7.41. The van der Waals surface area contributed by atoms with Gasteiger partial charge in [-0.3, -0.25) is 9.36 Å². The van der Waals surface area contributed by atoms with Crippen molar-refractivity contribution in [2.75, 3.05) is 13.2 Å². The van der Waals surface area contributed by atoms with Crippen molar-refractivity contribution in [3.8, 4) is 11.5 Å². The molecule has 0 radical (unpaired) electrons. The van der Waals surface area contributed by atoms with Gasteiger partial charge in [0, 0.05) is 5.56 Å². The van der Waals surface area contributed by atoms with Gasteiger partial charge in [0.2, 0.25) is 0 Å². The van der Waals surface area contributed by atoms with Crippen LogP contribution >= 0.6 is 11.3 Å². The van der Waals surface area contributed by atoms with Gasteiger partial charge in [-0.25, -0.2) is 9.79 Å². The van der Waals surface area contributed by atoms with E-state index in [0.29, 0.717) is 33.0 Å². The summed E-state index contributed by atoms with van der Waals surface area (Å²) in [4.78, 5) is 33.0. The average Bonchev–Trinajstić information content (AvgIpc) is 3.28. The number of aromatic nitrogens is 1. The van der Waals surface area contributed by atoms with Crippen molar-refractivity contribution in [1.29, 1.82) is 0 Å². The Morgan fingerprint density at radius 2 is 1.63 bits per heavy atom. The Hall–Kier alpha value is -4.43. The van der Waals surface area contributed by atoms with Gasteiger partial charge in [0.05, 0.1) is 41.2 Å².